The van der Waals surface area contributed by atoms with E-state index in [0.29, 0.717) is 17.0 Å². The molecule has 0 bridgehead atoms. The van der Waals surface area contributed by atoms with Gasteiger partial charge in [-0.3, -0.25) is 4.79 Å². The molecule has 2 aromatic carbocycles. The highest BCUT2D eigenvalue weighted by Gasteiger charge is 2.15. The van der Waals surface area contributed by atoms with Crippen molar-refractivity contribution >= 4 is 17.5 Å². The SMILES string of the molecule is COc1ccccc1NC(=O)c1ccc(-c2cnc(N3CCCC3)nc2)cc1. The van der Waals surface area contributed by atoms with E-state index in [9.17, 15) is 4.79 Å². The van der Waals surface area contributed by atoms with Gasteiger partial charge in [0.05, 0.1) is 12.8 Å². The number of aromatic nitrogens is 2. The highest BCUT2D eigenvalue weighted by molar-refractivity contribution is 6.05. The highest BCUT2D eigenvalue weighted by Crippen LogP contribution is 2.25. The van der Waals surface area contributed by atoms with E-state index in [1.807, 2.05) is 48.8 Å². The first-order chi connectivity index (χ1) is 13.7. The molecule has 1 aliphatic rings. The number of carbonyl (C=O) groups excluding carboxylic acids is 1. The molecule has 1 fully saturated rings. The standard InChI is InChI=1S/C22H22N4O2/c1-28-20-7-3-2-6-19(20)25-21(27)17-10-8-16(9-11-17)18-14-23-22(24-15-18)26-12-4-5-13-26/h2-3,6-11,14-15H,4-5,12-13H2,1H3,(H,25,27). The average molecular weight is 374 g/mol. The van der Waals surface area contributed by atoms with Crippen LogP contribution in [0.5, 0.6) is 5.75 Å². The molecule has 0 unspecified atom stereocenters. The molecule has 3 aromatic rings. The predicted octanol–water partition coefficient (Wildman–Crippen LogP) is 4.00. The van der Waals surface area contributed by atoms with Crippen LogP contribution in [0.1, 0.15) is 23.2 Å². The lowest BCUT2D eigenvalue weighted by atomic mass is 10.1. The Labute approximate surface area is 164 Å². The van der Waals surface area contributed by atoms with Gasteiger partial charge in [0, 0.05) is 36.6 Å². The van der Waals surface area contributed by atoms with E-state index < -0.39 is 0 Å². The van der Waals surface area contributed by atoms with E-state index in [1.54, 1.807) is 19.2 Å². The Morgan fingerprint density at radius 2 is 1.64 bits per heavy atom. The van der Waals surface area contributed by atoms with Crippen LogP contribution < -0.4 is 15.0 Å². The van der Waals surface area contributed by atoms with Gasteiger partial charge in [0.1, 0.15) is 5.75 Å². The van der Waals surface area contributed by atoms with Crippen LogP contribution in [0, 0.1) is 0 Å². The quantitative estimate of drug-likeness (QED) is 0.731. The third-order valence-corrected chi connectivity index (χ3v) is 4.86. The summed E-state index contributed by atoms with van der Waals surface area (Å²) in [6.07, 6.45) is 6.07. The Bertz CT molecular complexity index is 949. The smallest absolute Gasteiger partial charge is 0.255 e. The zero-order valence-electron chi connectivity index (χ0n) is 15.8. The summed E-state index contributed by atoms with van der Waals surface area (Å²) in [7, 11) is 1.58. The van der Waals surface area contributed by atoms with Crippen molar-refractivity contribution in [2.45, 2.75) is 12.8 Å². The summed E-state index contributed by atoms with van der Waals surface area (Å²) in [6, 6.07) is 14.8. The first kappa shape index (κ1) is 18.0. The Kier molecular flexibility index (Phi) is 5.19. The maximum atomic E-state index is 12.5. The van der Waals surface area contributed by atoms with Crippen LogP contribution in [-0.2, 0) is 0 Å². The summed E-state index contributed by atoms with van der Waals surface area (Å²) < 4.78 is 5.27. The molecule has 6 nitrogen and oxygen atoms in total. The highest BCUT2D eigenvalue weighted by atomic mass is 16.5. The summed E-state index contributed by atoms with van der Waals surface area (Å²) in [5.74, 6) is 1.23. The molecule has 1 amide bonds. The number of para-hydroxylation sites is 2. The van der Waals surface area contributed by atoms with Gasteiger partial charge in [0.15, 0.2) is 0 Å². The summed E-state index contributed by atoms with van der Waals surface area (Å²) >= 11 is 0. The zero-order chi connectivity index (χ0) is 19.3. The molecule has 2 heterocycles. The third-order valence-electron chi connectivity index (χ3n) is 4.86. The lowest BCUT2D eigenvalue weighted by molar-refractivity contribution is 0.102. The average Bonchev–Trinajstić information content (AvgIpc) is 3.29. The topological polar surface area (TPSA) is 67.3 Å². The number of rotatable bonds is 5. The second-order valence-electron chi connectivity index (χ2n) is 6.70. The van der Waals surface area contributed by atoms with Gasteiger partial charge in [0.25, 0.3) is 5.91 Å². The van der Waals surface area contributed by atoms with Gasteiger partial charge in [0.2, 0.25) is 5.95 Å². The van der Waals surface area contributed by atoms with E-state index in [4.69, 9.17) is 4.74 Å². The lowest BCUT2D eigenvalue weighted by Crippen LogP contribution is -2.20. The van der Waals surface area contributed by atoms with Crippen molar-refractivity contribution in [1.82, 2.24) is 9.97 Å². The van der Waals surface area contributed by atoms with Gasteiger partial charge in [-0.15, -0.1) is 0 Å². The maximum Gasteiger partial charge on any atom is 0.255 e. The van der Waals surface area contributed by atoms with Gasteiger partial charge in [-0.25, -0.2) is 9.97 Å². The van der Waals surface area contributed by atoms with Crippen LogP contribution in [0.4, 0.5) is 11.6 Å². The molecule has 1 saturated heterocycles. The minimum atomic E-state index is -0.184. The molecule has 0 saturated carbocycles. The number of nitrogens with one attached hydrogen (secondary N) is 1. The Morgan fingerprint density at radius 1 is 0.964 bits per heavy atom. The van der Waals surface area contributed by atoms with Gasteiger partial charge in [-0.2, -0.15) is 0 Å². The monoisotopic (exact) mass is 374 g/mol. The molecule has 1 N–H and O–H groups in total. The number of anilines is 2. The second-order valence-corrected chi connectivity index (χ2v) is 6.70. The van der Waals surface area contributed by atoms with E-state index in [2.05, 4.69) is 20.2 Å². The molecule has 1 aromatic heterocycles. The molecular weight excluding hydrogens is 352 g/mol. The first-order valence-electron chi connectivity index (χ1n) is 9.36. The van der Waals surface area contributed by atoms with Crippen molar-refractivity contribution in [2.75, 3.05) is 30.4 Å². The van der Waals surface area contributed by atoms with Gasteiger partial charge < -0.3 is 15.0 Å². The number of hydrogen-bond acceptors (Lipinski definition) is 5. The number of ether oxygens (including phenoxy) is 1. The molecule has 6 heteroatoms. The van der Waals surface area contributed by atoms with E-state index in [-0.39, 0.29) is 5.91 Å². The minimum absolute atomic E-state index is 0.184. The molecule has 4 rings (SSSR count). The third kappa shape index (κ3) is 3.81. The van der Waals surface area contributed by atoms with Gasteiger partial charge in [-0.1, -0.05) is 24.3 Å². The molecule has 0 atom stereocenters. The molecular formula is C22H22N4O2. The predicted molar refractivity (Wildman–Crippen MR) is 110 cm³/mol. The Balaban J connectivity index is 1.46. The van der Waals surface area contributed by atoms with E-state index in [0.717, 1.165) is 30.2 Å². The van der Waals surface area contributed by atoms with Crippen LogP contribution >= 0.6 is 0 Å². The van der Waals surface area contributed by atoms with E-state index in [1.165, 1.54) is 12.8 Å². The van der Waals surface area contributed by atoms with Crippen molar-refractivity contribution in [3.8, 4) is 16.9 Å². The summed E-state index contributed by atoms with van der Waals surface area (Å²) in [5, 5.41) is 2.88. The molecule has 142 valence electrons. The van der Waals surface area contributed by atoms with Gasteiger partial charge in [-0.05, 0) is 42.7 Å². The first-order valence-corrected chi connectivity index (χ1v) is 9.36. The number of methoxy groups -OCH3 is 1. The van der Waals surface area contributed by atoms with E-state index >= 15 is 0 Å². The summed E-state index contributed by atoms with van der Waals surface area (Å²) in [6.45, 7) is 2.05. The number of carbonyl (C=O) groups is 1. The number of amides is 1. The lowest BCUT2D eigenvalue weighted by Gasteiger charge is -2.14. The molecule has 0 spiro atoms. The molecule has 28 heavy (non-hydrogen) atoms. The van der Waals surface area contributed by atoms with Crippen molar-refractivity contribution in [1.29, 1.82) is 0 Å². The Hall–Kier alpha value is -3.41. The largest absolute Gasteiger partial charge is 0.495 e. The van der Waals surface area contributed by atoms with Gasteiger partial charge >= 0.3 is 0 Å². The Morgan fingerprint density at radius 3 is 2.32 bits per heavy atom. The fourth-order valence-corrected chi connectivity index (χ4v) is 3.31. The minimum Gasteiger partial charge on any atom is -0.495 e. The fraction of sp³-hybridized carbons (Fsp3) is 0.227. The number of benzene rings is 2. The van der Waals surface area contributed by atoms with Crippen molar-refractivity contribution in [3.05, 3.63) is 66.5 Å². The maximum absolute atomic E-state index is 12.5. The molecule has 0 radical (unpaired) electrons. The van der Waals surface area contributed by atoms with Crippen LogP contribution in [0.25, 0.3) is 11.1 Å². The zero-order valence-corrected chi connectivity index (χ0v) is 15.8. The second kappa shape index (κ2) is 8.08. The number of nitrogens with zero attached hydrogens (tertiary/aromatic N) is 3. The molecule has 1 aliphatic heterocycles. The summed E-state index contributed by atoms with van der Waals surface area (Å²) in [5.41, 5.74) is 3.12. The van der Waals surface area contributed by atoms with Crippen LogP contribution in [0.3, 0.4) is 0 Å². The fourth-order valence-electron chi connectivity index (χ4n) is 3.31. The van der Waals surface area contributed by atoms with Crippen molar-refractivity contribution < 1.29 is 9.53 Å². The normalized spacial score (nSPS) is 13.4. The van der Waals surface area contributed by atoms with Crippen molar-refractivity contribution in [3.63, 3.8) is 0 Å². The van der Waals surface area contributed by atoms with Crippen LogP contribution in [0.15, 0.2) is 60.9 Å². The van der Waals surface area contributed by atoms with Crippen LogP contribution in [-0.4, -0.2) is 36.1 Å². The number of hydrogen-bond donors (Lipinski definition) is 1. The molecule has 0 aliphatic carbocycles. The van der Waals surface area contributed by atoms with Crippen molar-refractivity contribution in [2.24, 2.45) is 0 Å². The van der Waals surface area contributed by atoms with Crippen LogP contribution in [0.2, 0.25) is 0 Å². The summed E-state index contributed by atoms with van der Waals surface area (Å²) in [4.78, 5) is 23.7.